The molecule has 0 spiro atoms. The first-order valence-corrected chi connectivity index (χ1v) is 14.3. The van der Waals surface area contributed by atoms with Crippen molar-refractivity contribution < 1.29 is 14.6 Å². The number of aromatic nitrogens is 1. The van der Waals surface area contributed by atoms with Crippen molar-refractivity contribution in [1.82, 2.24) is 9.88 Å². The van der Waals surface area contributed by atoms with E-state index < -0.39 is 5.97 Å². The minimum atomic E-state index is -0.707. The number of hydrogen-bond acceptors (Lipinski definition) is 6. The number of nitrogens with two attached hydrogens (primary N) is 1. The number of carboxylic acids is 1. The molecule has 3 atom stereocenters. The van der Waals surface area contributed by atoms with Gasteiger partial charge in [-0.2, -0.15) is 11.8 Å². The molecule has 1 aromatic carbocycles. The summed E-state index contributed by atoms with van der Waals surface area (Å²) in [5.74, 6) is 1.71. The topological polar surface area (TPSA) is 88.7 Å². The predicted molar refractivity (Wildman–Crippen MR) is 144 cm³/mol. The lowest BCUT2D eigenvalue weighted by Crippen LogP contribution is -2.42. The molecule has 2 fully saturated rings. The van der Waals surface area contributed by atoms with Crippen molar-refractivity contribution in [2.45, 2.75) is 62.7 Å². The van der Waals surface area contributed by atoms with E-state index in [2.05, 4.69) is 21.6 Å². The maximum Gasteiger partial charge on any atom is 0.303 e. The van der Waals surface area contributed by atoms with Gasteiger partial charge in [0.2, 0.25) is 0 Å². The van der Waals surface area contributed by atoms with Crippen LogP contribution in [0, 0.1) is 11.8 Å². The Labute approximate surface area is 217 Å². The summed E-state index contributed by atoms with van der Waals surface area (Å²) in [7, 11) is 1.64. The number of pyridine rings is 1. The number of methoxy groups -OCH3 is 1. The number of piperidine rings is 1. The first kappa shape index (κ1) is 26.5. The molecule has 2 heterocycles. The third-order valence-electron chi connectivity index (χ3n) is 7.76. The third-order valence-corrected chi connectivity index (χ3v) is 9.43. The molecule has 35 heavy (non-hydrogen) atoms. The van der Waals surface area contributed by atoms with E-state index >= 15 is 0 Å². The SMILES string of the molecule is COc1ccc2ncc(Cl)c([C@H](N)CCC3CCN(CCSC4CCCC4)CC3CC(=O)O)c2c1. The maximum atomic E-state index is 11.6. The standard InChI is InChI=1S/C27H38ClN3O3S/c1-34-20-7-9-25-22(15-20)27(23(28)16-30-25)24(29)8-6-18-10-11-31(17-19(18)14-26(32)33)12-13-35-21-4-2-3-5-21/h7,9,15-16,18-19,21,24H,2-6,8,10-14,17,29H2,1H3,(H,32,33)/t18?,19?,24-/m1/s1. The fraction of sp³-hybridized carbons (Fsp3) is 0.630. The molecular weight excluding hydrogens is 482 g/mol. The van der Waals surface area contributed by atoms with Crippen LogP contribution in [0.1, 0.15) is 63.0 Å². The largest absolute Gasteiger partial charge is 0.497 e. The fourth-order valence-electron chi connectivity index (χ4n) is 5.81. The van der Waals surface area contributed by atoms with Gasteiger partial charge in [-0.05, 0) is 74.2 Å². The average molecular weight is 520 g/mol. The van der Waals surface area contributed by atoms with Crippen LogP contribution in [0.5, 0.6) is 5.75 Å². The van der Waals surface area contributed by atoms with Crippen molar-refractivity contribution in [2.24, 2.45) is 17.6 Å². The number of likely N-dealkylation sites (tertiary alicyclic amines) is 1. The van der Waals surface area contributed by atoms with Gasteiger partial charge in [0, 0.05) is 48.1 Å². The zero-order chi connectivity index (χ0) is 24.8. The Bertz CT molecular complexity index is 1000. The van der Waals surface area contributed by atoms with Crippen LogP contribution >= 0.6 is 23.4 Å². The van der Waals surface area contributed by atoms with Crippen molar-refractivity contribution in [3.63, 3.8) is 0 Å². The molecule has 1 aromatic heterocycles. The molecule has 192 valence electrons. The molecule has 8 heteroatoms. The monoisotopic (exact) mass is 519 g/mol. The molecule has 2 aromatic rings. The lowest BCUT2D eigenvalue weighted by Gasteiger charge is -2.38. The molecule has 6 nitrogen and oxygen atoms in total. The van der Waals surface area contributed by atoms with Crippen LogP contribution in [0.15, 0.2) is 24.4 Å². The van der Waals surface area contributed by atoms with E-state index in [1.165, 1.54) is 25.7 Å². The van der Waals surface area contributed by atoms with E-state index in [1.807, 2.05) is 18.2 Å². The molecule has 3 N–H and O–H groups in total. The number of hydrogen-bond donors (Lipinski definition) is 2. The van der Waals surface area contributed by atoms with Crippen molar-refractivity contribution in [2.75, 3.05) is 32.5 Å². The van der Waals surface area contributed by atoms with E-state index in [0.29, 0.717) is 10.9 Å². The first-order valence-electron chi connectivity index (χ1n) is 12.9. The van der Waals surface area contributed by atoms with Gasteiger partial charge in [0.25, 0.3) is 0 Å². The summed E-state index contributed by atoms with van der Waals surface area (Å²) in [6.07, 6.45) is 10.0. The lowest BCUT2D eigenvalue weighted by atomic mass is 9.79. The van der Waals surface area contributed by atoms with Gasteiger partial charge in [0.15, 0.2) is 0 Å². The van der Waals surface area contributed by atoms with E-state index in [1.54, 1.807) is 13.3 Å². The molecule has 0 bridgehead atoms. The van der Waals surface area contributed by atoms with Crippen LogP contribution in [0.2, 0.25) is 5.02 Å². The van der Waals surface area contributed by atoms with E-state index in [4.69, 9.17) is 22.1 Å². The van der Waals surface area contributed by atoms with Crippen molar-refractivity contribution in [1.29, 1.82) is 0 Å². The number of carboxylic acid groups (broad SMARTS) is 1. The Kier molecular flexibility index (Phi) is 9.56. The lowest BCUT2D eigenvalue weighted by molar-refractivity contribution is -0.139. The molecule has 2 aliphatic rings. The Morgan fingerprint density at radius 3 is 2.86 bits per heavy atom. The highest BCUT2D eigenvalue weighted by Gasteiger charge is 2.31. The molecule has 0 radical (unpaired) electrons. The summed E-state index contributed by atoms with van der Waals surface area (Å²) in [5, 5.41) is 11.9. The summed E-state index contributed by atoms with van der Waals surface area (Å²) in [6, 6.07) is 5.50. The number of benzene rings is 1. The molecule has 1 aliphatic heterocycles. The van der Waals surface area contributed by atoms with Crippen LogP contribution in [-0.2, 0) is 4.79 Å². The van der Waals surface area contributed by atoms with Gasteiger partial charge in [0.05, 0.1) is 17.6 Å². The Hall–Kier alpha value is -1.54. The highest BCUT2D eigenvalue weighted by molar-refractivity contribution is 7.99. The quantitative estimate of drug-likeness (QED) is 0.389. The average Bonchev–Trinajstić information content (AvgIpc) is 3.36. The fourth-order valence-corrected chi connectivity index (χ4v) is 7.46. The van der Waals surface area contributed by atoms with E-state index in [-0.39, 0.29) is 18.4 Å². The minimum absolute atomic E-state index is 0.162. The summed E-state index contributed by atoms with van der Waals surface area (Å²) < 4.78 is 5.40. The van der Waals surface area contributed by atoms with Gasteiger partial charge < -0.3 is 20.5 Å². The number of rotatable bonds is 11. The van der Waals surface area contributed by atoms with E-state index in [9.17, 15) is 9.90 Å². The van der Waals surface area contributed by atoms with Crippen LogP contribution < -0.4 is 10.5 Å². The van der Waals surface area contributed by atoms with Gasteiger partial charge in [-0.15, -0.1) is 0 Å². The van der Waals surface area contributed by atoms with Gasteiger partial charge in [-0.1, -0.05) is 24.4 Å². The molecule has 4 rings (SSSR count). The van der Waals surface area contributed by atoms with Crippen molar-refractivity contribution in [3.8, 4) is 5.75 Å². The highest BCUT2D eigenvalue weighted by Crippen LogP contribution is 2.37. The number of aliphatic carboxylic acids is 1. The number of thioether (sulfide) groups is 1. The summed E-state index contributed by atoms with van der Waals surface area (Å²) in [4.78, 5) is 18.5. The number of ether oxygens (including phenoxy) is 1. The zero-order valence-electron chi connectivity index (χ0n) is 20.6. The van der Waals surface area contributed by atoms with Crippen LogP contribution in [0.3, 0.4) is 0 Å². The van der Waals surface area contributed by atoms with Crippen LogP contribution in [0.4, 0.5) is 0 Å². The number of halogens is 1. The maximum absolute atomic E-state index is 11.6. The van der Waals surface area contributed by atoms with Crippen LogP contribution in [0.25, 0.3) is 10.9 Å². The molecule has 1 saturated carbocycles. The Balaban J connectivity index is 1.37. The van der Waals surface area contributed by atoms with Gasteiger partial charge in [-0.3, -0.25) is 9.78 Å². The molecule has 0 amide bonds. The second-order valence-corrected chi connectivity index (χ2v) is 11.9. The molecule has 2 unspecified atom stereocenters. The summed E-state index contributed by atoms with van der Waals surface area (Å²) >= 11 is 8.67. The highest BCUT2D eigenvalue weighted by atomic mass is 35.5. The Morgan fingerprint density at radius 2 is 2.11 bits per heavy atom. The number of carbonyl (C=O) groups is 1. The molecule has 1 aliphatic carbocycles. The zero-order valence-corrected chi connectivity index (χ0v) is 22.2. The smallest absolute Gasteiger partial charge is 0.303 e. The first-order chi connectivity index (χ1) is 16.9. The van der Waals surface area contributed by atoms with Gasteiger partial charge in [-0.25, -0.2) is 0 Å². The predicted octanol–water partition coefficient (Wildman–Crippen LogP) is 5.77. The molecule has 1 saturated heterocycles. The second-order valence-electron chi connectivity index (χ2n) is 10.1. The number of nitrogens with zero attached hydrogens (tertiary/aromatic N) is 2. The van der Waals surface area contributed by atoms with E-state index in [0.717, 1.165) is 72.1 Å². The van der Waals surface area contributed by atoms with Gasteiger partial charge >= 0.3 is 5.97 Å². The van der Waals surface area contributed by atoms with Crippen molar-refractivity contribution in [3.05, 3.63) is 35.0 Å². The third kappa shape index (κ3) is 7.03. The van der Waals surface area contributed by atoms with Crippen molar-refractivity contribution >= 4 is 40.2 Å². The van der Waals surface area contributed by atoms with Gasteiger partial charge in [0.1, 0.15) is 5.75 Å². The Morgan fingerprint density at radius 1 is 1.31 bits per heavy atom. The minimum Gasteiger partial charge on any atom is -0.497 e. The van der Waals surface area contributed by atoms with Crippen LogP contribution in [-0.4, -0.2) is 58.7 Å². The normalized spacial score (nSPS) is 22.5. The summed E-state index contributed by atoms with van der Waals surface area (Å²) in [5.41, 5.74) is 8.42. The number of fused-ring (bicyclic) bond motifs is 1. The second kappa shape index (κ2) is 12.6. The molecular formula is C27H38ClN3O3S. The summed E-state index contributed by atoms with van der Waals surface area (Å²) in [6.45, 7) is 2.97.